The maximum Gasteiger partial charge on any atom is 0.403 e. The van der Waals surface area contributed by atoms with E-state index in [1.54, 1.807) is 0 Å². The number of alkyl halides is 3. The molecule has 1 aromatic heterocycles. The van der Waals surface area contributed by atoms with Crippen molar-refractivity contribution in [2.24, 2.45) is 0 Å². The van der Waals surface area contributed by atoms with Crippen LogP contribution in [0, 0.1) is 0 Å². The van der Waals surface area contributed by atoms with Crippen LogP contribution in [0.1, 0.15) is 57.7 Å². The van der Waals surface area contributed by atoms with Gasteiger partial charge >= 0.3 is 6.18 Å². The third-order valence-corrected chi connectivity index (χ3v) is 4.31. The zero-order valence-corrected chi connectivity index (χ0v) is 12.7. The van der Waals surface area contributed by atoms with Crippen molar-refractivity contribution >= 4 is 0 Å². The number of hydrogen-bond acceptors (Lipinski definition) is 2. The molecule has 0 aliphatic carbocycles. The number of halogens is 3. The van der Waals surface area contributed by atoms with E-state index in [-0.39, 0.29) is 12.5 Å². The van der Waals surface area contributed by atoms with E-state index in [4.69, 9.17) is 0 Å². The molecule has 1 fully saturated rings. The molecule has 0 spiro atoms. The van der Waals surface area contributed by atoms with Crippen LogP contribution in [-0.4, -0.2) is 28.0 Å². The lowest BCUT2D eigenvalue weighted by Crippen LogP contribution is -2.51. The summed E-state index contributed by atoms with van der Waals surface area (Å²) in [5.74, 6) is 0. The molecule has 2 heterocycles. The van der Waals surface area contributed by atoms with E-state index in [0.29, 0.717) is 18.9 Å². The average molecular weight is 303 g/mol. The van der Waals surface area contributed by atoms with Crippen LogP contribution in [0.25, 0.3) is 0 Å². The number of nitrogens with zero attached hydrogens (tertiary/aromatic N) is 2. The van der Waals surface area contributed by atoms with Crippen molar-refractivity contribution in [1.82, 2.24) is 15.1 Å². The molecule has 0 aromatic carbocycles. The third kappa shape index (κ3) is 4.22. The van der Waals surface area contributed by atoms with Gasteiger partial charge in [-0.25, -0.2) is 0 Å². The highest BCUT2D eigenvalue weighted by atomic mass is 19.4. The summed E-state index contributed by atoms with van der Waals surface area (Å²) in [7, 11) is 0. The Hall–Kier alpha value is -1.04. The third-order valence-electron chi connectivity index (χ3n) is 4.31. The van der Waals surface area contributed by atoms with Crippen LogP contribution in [-0.2, 0) is 6.42 Å². The molecular weight excluding hydrogens is 279 g/mol. The summed E-state index contributed by atoms with van der Waals surface area (Å²) in [5, 5.41) is 7.26. The standard InChI is InChI=1S/C15H24F3N3/c1-3-13(4-2)21-9-8-12(20-21)10-11-6-5-7-14(19-11)15(16,17)18/h8-9,11,13-14,19H,3-7,10H2,1-2H3. The zero-order valence-electron chi connectivity index (χ0n) is 12.7. The van der Waals surface area contributed by atoms with Crippen LogP contribution in [0.4, 0.5) is 13.2 Å². The quantitative estimate of drug-likeness (QED) is 0.895. The number of aromatic nitrogens is 2. The Morgan fingerprint density at radius 1 is 1.33 bits per heavy atom. The summed E-state index contributed by atoms with van der Waals surface area (Å²) in [4.78, 5) is 0. The lowest BCUT2D eigenvalue weighted by molar-refractivity contribution is -0.163. The molecule has 1 aliphatic heterocycles. The fraction of sp³-hybridized carbons (Fsp3) is 0.800. The van der Waals surface area contributed by atoms with Crippen LogP contribution in [0.15, 0.2) is 12.3 Å². The van der Waals surface area contributed by atoms with Gasteiger partial charge in [-0.15, -0.1) is 0 Å². The molecule has 1 aliphatic rings. The molecule has 1 saturated heterocycles. The second-order valence-corrected chi connectivity index (χ2v) is 5.85. The molecule has 2 unspecified atom stereocenters. The Bertz CT molecular complexity index is 438. The van der Waals surface area contributed by atoms with E-state index >= 15 is 0 Å². The van der Waals surface area contributed by atoms with E-state index in [1.165, 1.54) is 0 Å². The highest BCUT2D eigenvalue weighted by Gasteiger charge is 2.41. The highest BCUT2D eigenvalue weighted by molar-refractivity contribution is 5.03. The molecule has 1 N–H and O–H groups in total. The van der Waals surface area contributed by atoms with Crippen LogP contribution in [0.3, 0.4) is 0 Å². The maximum atomic E-state index is 12.8. The monoisotopic (exact) mass is 303 g/mol. The molecule has 2 rings (SSSR count). The Balaban J connectivity index is 1.95. The minimum Gasteiger partial charge on any atom is -0.303 e. The Morgan fingerprint density at radius 2 is 2.05 bits per heavy atom. The maximum absolute atomic E-state index is 12.8. The summed E-state index contributed by atoms with van der Waals surface area (Å²) >= 11 is 0. The second-order valence-electron chi connectivity index (χ2n) is 5.85. The van der Waals surface area contributed by atoms with Crippen molar-refractivity contribution in [3.63, 3.8) is 0 Å². The fourth-order valence-corrected chi connectivity index (χ4v) is 3.04. The van der Waals surface area contributed by atoms with Crippen molar-refractivity contribution in [1.29, 1.82) is 0 Å². The van der Waals surface area contributed by atoms with Gasteiger partial charge in [0, 0.05) is 18.7 Å². The van der Waals surface area contributed by atoms with E-state index in [0.717, 1.165) is 25.0 Å². The van der Waals surface area contributed by atoms with E-state index in [1.807, 2.05) is 16.9 Å². The molecule has 0 saturated carbocycles. The molecule has 0 radical (unpaired) electrons. The lowest BCUT2D eigenvalue weighted by Gasteiger charge is -2.32. The van der Waals surface area contributed by atoms with Gasteiger partial charge in [-0.2, -0.15) is 18.3 Å². The highest BCUT2D eigenvalue weighted by Crippen LogP contribution is 2.28. The van der Waals surface area contributed by atoms with Crippen LogP contribution in [0.2, 0.25) is 0 Å². The van der Waals surface area contributed by atoms with Crippen LogP contribution in [0.5, 0.6) is 0 Å². The molecule has 3 nitrogen and oxygen atoms in total. The van der Waals surface area contributed by atoms with Crippen LogP contribution < -0.4 is 5.32 Å². The topological polar surface area (TPSA) is 29.9 Å². The van der Waals surface area contributed by atoms with Gasteiger partial charge in [0.05, 0.1) is 11.7 Å². The first-order valence-electron chi connectivity index (χ1n) is 7.80. The molecule has 0 amide bonds. The van der Waals surface area contributed by atoms with E-state index in [9.17, 15) is 13.2 Å². The predicted molar refractivity (Wildman–Crippen MR) is 76.2 cm³/mol. The molecule has 1 aromatic rings. The van der Waals surface area contributed by atoms with Gasteiger partial charge in [0.2, 0.25) is 0 Å². The first-order chi connectivity index (χ1) is 9.94. The number of hydrogen-bond donors (Lipinski definition) is 1. The number of rotatable bonds is 5. The van der Waals surface area contributed by atoms with Gasteiger partial charge < -0.3 is 5.32 Å². The molecule has 2 atom stereocenters. The smallest absolute Gasteiger partial charge is 0.303 e. The van der Waals surface area contributed by atoms with E-state index in [2.05, 4.69) is 24.3 Å². The first-order valence-corrected chi connectivity index (χ1v) is 7.80. The van der Waals surface area contributed by atoms with Gasteiger partial charge in [0.15, 0.2) is 0 Å². The number of piperidine rings is 1. The molecule has 6 heteroatoms. The fourth-order valence-electron chi connectivity index (χ4n) is 3.04. The van der Waals surface area contributed by atoms with Crippen LogP contribution >= 0.6 is 0 Å². The largest absolute Gasteiger partial charge is 0.403 e. The second kappa shape index (κ2) is 6.81. The Kier molecular flexibility index (Phi) is 5.30. The molecule has 21 heavy (non-hydrogen) atoms. The van der Waals surface area contributed by atoms with Crippen molar-refractivity contribution < 1.29 is 13.2 Å². The predicted octanol–water partition coefficient (Wildman–Crippen LogP) is 3.86. The lowest BCUT2D eigenvalue weighted by atomic mass is 9.95. The minimum atomic E-state index is -4.15. The SMILES string of the molecule is CCC(CC)n1ccc(CC2CCCC(C(F)(F)F)N2)n1. The van der Waals surface area contributed by atoms with Crippen molar-refractivity contribution in [3.05, 3.63) is 18.0 Å². The van der Waals surface area contributed by atoms with E-state index < -0.39 is 12.2 Å². The average Bonchev–Trinajstić information content (AvgIpc) is 2.88. The summed E-state index contributed by atoms with van der Waals surface area (Å²) < 4.78 is 40.3. The molecular formula is C15H24F3N3. The van der Waals surface area contributed by atoms with Gasteiger partial charge in [0.1, 0.15) is 6.04 Å². The van der Waals surface area contributed by atoms with Crippen molar-refractivity contribution in [3.8, 4) is 0 Å². The summed E-state index contributed by atoms with van der Waals surface area (Å²) in [6.45, 7) is 4.23. The van der Waals surface area contributed by atoms with Crippen molar-refractivity contribution in [2.75, 3.05) is 0 Å². The Morgan fingerprint density at radius 3 is 2.67 bits per heavy atom. The van der Waals surface area contributed by atoms with Gasteiger partial charge in [-0.3, -0.25) is 4.68 Å². The first kappa shape index (κ1) is 16.3. The Labute approximate surface area is 123 Å². The summed E-state index contributed by atoms with van der Waals surface area (Å²) in [6, 6.07) is 0.811. The van der Waals surface area contributed by atoms with Crippen molar-refractivity contribution in [2.45, 2.75) is 76.7 Å². The van der Waals surface area contributed by atoms with Gasteiger partial charge in [-0.1, -0.05) is 13.8 Å². The van der Waals surface area contributed by atoms with Gasteiger partial charge in [0.25, 0.3) is 0 Å². The summed E-state index contributed by atoms with van der Waals surface area (Å²) in [5.41, 5.74) is 0.877. The number of nitrogens with one attached hydrogen (secondary N) is 1. The summed E-state index contributed by atoms with van der Waals surface area (Å²) in [6.07, 6.45) is 1.97. The minimum absolute atomic E-state index is 0.129. The normalized spacial score (nSPS) is 23.7. The molecule has 120 valence electrons. The molecule has 0 bridgehead atoms. The zero-order chi connectivity index (χ0) is 15.5. The van der Waals surface area contributed by atoms with Gasteiger partial charge in [-0.05, 0) is 38.2 Å².